The van der Waals surface area contributed by atoms with Gasteiger partial charge in [0.2, 0.25) is 0 Å². The third kappa shape index (κ3) is 4.26. The van der Waals surface area contributed by atoms with Crippen molar-refractivity contribution in [2.75, 3.05) is 0 Å². The number of hydrogen-bond donors (Lipinski definition) is 1. The van der Waals surface area contributed by atoms with E-state index in [1.807, 2.05) is 0 Å². The molecule has 0 fully saturated rings. The summed E-state index contributed by atoms with van der Waals surface area (Å²) in [6.07, 6.45) is -15.6. The van der Waals surface area contributed by atoms with Gasteiger partial charge in [0.25, 0.3) is 6.08 Å². The van der Waals surface area contributed by atoms with E-state index in [0.29, 0.717) is 0 Å². The minimum absolute atomic E-state index is 3.19. The lowest BCUT2D eigenvalue weighted by Gasteiger charge is -2.42. The molecule has 1 N–H and O–H groups in total. The lowest BCUT2D eigenvalue weighted by Crippen LogP contribution is -2.74. The zero-order valence-electron chi connectivity index (χ0n) is 14.2. The Bertz CT molecular complexity index is 785. The molecule has 0 unspecified atom stereocenters. The van der Waals surface area contributed by atoms with E-state index < -0.39 is 71.7 Å². The molecule has 0 radical (unpaired) electrons. The average molecular weight is 540 g/mol. The van der Waals surface area contributed by atoms with Crippen LogP contribution in [0.25, 0.3) is 0 Å². The van der Waals surface area contributed by atoms with Crippen LogP contribution in [0.4, 0.5) is 83.4 Å². The zero-order chi connectivity index (χ0) is 27.4. The van der Waals surface area contributed by atoms with Gasteiger partial charge in [0.05, 0.1) is 6.42 Å². The van der Waals surface area contributed by atoms with Crippen LogP contribution in [0.2, 0.25) is 0 Å². The van der Waals surface area contributed by atoms with E-state index >= 15 is 0 Å². The van der Waals surface area contributed by atoms with Gasteiger partial charge in [-0.2, -0.15) is 83.4 Å². The van der Waals surface area contributed by atoms with Crippen LogP contribution in [-0.2, 0) is 4.79 Å². The number of carbonyl (C=O) groups is 1. The van der Waals surface area contributed by atoms with Crippen LogP contribution in [0.15, 0.2) is 11.7 Å². The monoisotopic (exact) mass is 540 g/mol. The molecule has 0 saturated heterocycles. The third-order valence-corrected chi connectivity index (χ3v) is 3.67. The molecule has 0 amide bonds. The molecule has 0 bridgehead atoms. The molecule has 2 nitrogen and oxygen atoms in total. The van der Waals surface area contributed by atoms with E-state index in [-0.39, 0.29) is 0 Å². The molecule has 0 aliphatic rings. The van der Waals surface area contributed by atoms with Gasteiger partial charge in [0, 0.05) is 0 Å². The predicted octanol–water partition coefficient (Wildman–Crippen LogP) is 6.62. The fourth-order valence-electron chi connectivity index (χ4n) is 1.75. The maximum atomic E-state index is 13.4. The van der Waals surface area contributed by atoms with Crippen molar-refractivity contribution in [2.24, 2.45) is 0 Å². The van der Waals surface area contributed by atoms with E-state index in [1.165, 1.54) is 0 Å². The Morgan fingerprint density at radius 2 is 0.788 bits per heavy atom. The van der Waals surface area contributed by atoms with E-state index in [2.05, 4.69) is 0 Å². The van der Waals surface area contributed by atoms with Crippen LogP contribution in [0.1, 0.15) is 6.42 Å². The molecule has 0 aromatic carbocycles. The number of carboxylic acids is 1. The molecule has 0 saturated carbocycles. The highest BCUT2D eigenvalue weighted by Crippen LogP contribution is 2.64. The van der Waals surface area contributed by atoms with E-state index in [4.69, 9.17) is 5.11 Å². The van der Waals surface area contributed by atoms with Gasteiger partial charge in [-0.1, -0.05) is 0 Å². The molecular weight excluding hydrogens is 537 g/mol. The Labute approximate surface area is 166 Å². The van der Waals surface area contributed by atoms with E-state index in [0.717, 1.165) is 0 Å². The molecule has 0 rings (SSSR count). The smallest absolute Gasteiger partial charge is 0.460 e. The standard InChI is InChI=1S/C12H3F19O2/c13-3(14)2(4(32)33)1-5(15,16)6(17,18)7(19,20)8(21,22)9(23,24)10(25,26)11(27,28)12(29,30)31/h1H2,(H,32,33). The molecule has 0 aromatic heterocycles. The van der Waals surface area contributed by atoms with Gasteiger partial charge < -0.3 is 5.11 Å². The molecule has 0 aromatic rings. The number of alkyl halides is 17. The van der Waals surface area contributed by atoms with Crippen molar-refractivity contribution < 1.29 is 93.3 Å². The van der Waals surface area contributed by atoms with E-state index in [9.17, 15) is 88.2 Å². The maximum Gasteiger partial charge on any atom is 0.460 e. The topological polar surface area (TPSA) is 37.3 Å². The Morgan fingerprint density at radius 1 is 0.515 bits per heavy atom. The molecule has 0 aliphatic carbocycles. The summed E-state index contributed by atoms with van der Waals surface area (Å²) < 4.78 is 244. The first-order chi connectivity index (χ1) is 14.0. The lowest BCUT2D eigenvalue weighted by molar-refractivity contribution is -0.461. The first kappa shape index (κ1) is 30.9. The average Bonchev–Trinajstić information content (AvgIpc) is 2.57. The second-order valence-electron chi connectivity index (χ2n) is 5.87. The summed E-state index contributed by atoms with van der Waals surface area (Å²) in [4.78, 5) is 10.2. The summed E-state index contributed by atoms with van der Waals surface area (Å²) in [6, 6.07) is 0. The molecule has 0 atom stereocenters. The lowest BCUT2D eigenvalue weighted by atomic mass is 9.87. The first-order valence-corrected chi connectivity index (χ1v) is 6.98. The maximum absolute atomic E-state index is 13.4. The summed E-state index contributed by atoms with van der Waals surface area (Å²) in [5.41, 5.74) is -3.19. The van der Waals surface area contributed by atoms with Crippen LogP contribution in [0, 0.1) is 0 Å². The van der Waals surface area contributed by atoms with Crippen molar-refractivity contribution in [3.8, 4) is 0 Å². The Hall–Kier alpha value is -2.12. The van der Waals surface area contributed by atoms with Gasteiger partial charge in [-0.15, -0.1) is 0 Å². The first-order valence-electron chi connectivity index (χ1n) is 6.98. The summed E-state index contributed by atoms with van der Waals surface area (Å²) in [7, 11) is 0. The van der Waals surface area contributed by atoms with Gasteiger partial charge >= 0.3 is 53.6 Å². The fraction of sp³-hybridized carbons (Fsp3) is 0.750. The Balaban J connectivity index is 6.82. The minimum atomic E-state index is -8.87. The summed E-state index contributed by atoms with van der Waals surface area (Å²) in [5.74, 6) is -62.2. The number of hydrogen-bond acceptors (Lipinski definition) is 1. The van der Waals surface area contributed by atoms with Crippen LogP contribution in [0.5, 0.6) is 0 Å². The predicted molar refractivity (Wildman–Crippen MR) is 62.2 cm³/mol. The van der Waals surface area contributed by atoms with Gasteiger partial charge in [-0.25, -0.2) is 4.79 Å². The second-order valence-corrected chi connectivity index (χ2v) is 5.87. The summed E-state index contributed by atoms with van der Waals surface area (Å²) in [5, 5.41) is 8.08. The van der Waals surface area contributed by atoms with Crippen molar-refractivity contribution in [3.05, 3.63) is 11.7 Å². The molecule has 33 heavy (non-hydrogen) atoms. The SMILES string of the molecule is O=C(O)C(CC(F)(F)C(F)(F)C(F)(F)C(F)(F)C(F)(F)C(F)(F)C(F)(F)C(F)(F)F)=C(F)F. The van der Waals surface area contributed by atoms with Crippen molar-refractivity contribution in [2.45, 2.75) is 54.1 Å². The molecule has 196 valence electrons. The molecule has 21 heteroatoms. The minimum Gasteiger partial charge on any atom is -0.478 e. The molecule has 0 aliphatic heterocycles. The Kier molecular flexibility index (Phi) is 7.47. The fourth-order valence-corrected chi connectivity index (χ4v) is 1.75. The molecular formula is C12H3F19O2. The van der Waals surface area contributed by atoms with Crippen LogP contribution in [-0.4, -0.2) is 58.7 Å². The van der Waals surface area contributed by atoms with Gasteiger partial charge in [0.1, 0.15) is 5.57 Å². The summed E-state index contributed by atoms with van der Waals surface area (Å²) in [6.45, 7) is 0. The number of carboxylic acid groups (broad SMARTS) is 1. The highest BCUT2D eigenvalue weighted by Gasteiger charge is 2.95. The van der Waals surface area contributed by atoms with Crippen LogP contribution in [0.3, 0.4) is 0 Å². The van der Waals surface area contributed by atoms with Crippen molar-refractivity contribution in [1.29, 1.82) is 0 Å². The molecule has 0 spiro atoms. The third-order valence-electron chi connectivity index (χ3n) is 3.67. The highest BCUT2D eigenvalue weighted by atomic mass is 19.4. The van der Waals surface area contributed by atoms with Crippen molar-refractivity contribution in [3.63, 3.8) is 0 Å². The normalized spacial score (nSPS) is 15.5. The van der Waals surface area contributed by atoms with Crippen molar-refractivity contribution in [1.82, 2.24) is 0 Å². The van der Waals surface area contributed by atoms with Gasteiger partial charge in [0.15, 0.2) is 0 Å². The van der Waals surface area contributed by atoms with Gasteiger partial charge in [-0.3, -0.25) is 0 Å². The second kappa shape index (κ2) is 7.98. The van der Waals surface area contributed by atoms with Gasteiger partial charge in [-0.05, 0) is 0 Å². The van der Waals surface area contributed by atoms with Crippen molar-refractivity contribution >= 4 is 5.97 Å². The summed E-state index contributed by atoms with van der Waals surface area (Å²) >= 11 is 0. The number of aliphatic carboxylic acids is 1. The Morgan fingerprint density at radius 3 is 1.03 bits per heavy atom. The quantitative estimate of drug-likeness (QED) is 0.264. The largest absolute Gasteiger partial charge is 0.478 e. The van der Waals surface area contributed by atoms with Crippen LogP contribution >= 0.6 is 0 Å². The zero-order valence-corrected chi connectivity index (χ0v) is 14.2. The van der Waals surface area contributed by atoms with Crippen LogP contribution < -0.4 is 0 Å². The number of halogens is 19. The highest BCUT2D eigenvalue weighted by molar-refractivity contribution is 5.86. The van der Waals surface area contributed by atoms with E-state index in [1.54, 1.807) is 0 Å². The molecule has 0 heterocycles. The number of rotatable bonds is 9.